The topological polar surface area (TPSA) is 89.7 Å². The first kappa shape index (κ1) is 15.7. The maximum Gasteiger partial charge on any atom is 0.270 e. The lowest BCUT2D eigenvalue weighted by atomic mass is 10.2. The van der Waals surface area contributed by atoms with Crippen molar-refractivity contribution < 1.29 is 19.2 Å². The third-order valence-corrected chi connectivity index (χ3v) is 3.87. The number of para-hydroxylation sites is 1. The SMILES string of the molecule is O=Cc1cc([N+](=O)[O-])ccc1OCC(=O)N1CCc2ccccc21. The number of aldehydes is 1. The number of hydrogen-bond donors (Lipinski definition) is 0. The van der Waals surface area contributed by atoms with Crippen molar-refractivity contribution in [3.63, 3.8) is 0 Å². The molecule has 0 radical (unpaired) electrons. The van der Waals surface area contributed by atoms with Crippen LogP contribution in [-0.2, 0) is 11.2 Å². The maximum absolute atomic E-state index is 12.4. The van der Waals surface area contributed by atoms with Gasteiger partial charge in [0.05, 0.1) is 10.5 Å². The predicted molar refractivity (Wildman–Crippen MR) is 86.5 cm³/mol. The molecule has 0 fully saturated rings. The van der Waals surface area contributed by atoms with Gasteiger partial charge in [0.25, 0.3) is 11.6 Å². The monoisotopic (exact) mass is 326 g/mol. The molecule has 0 N–H and O–H groups in total. The van der Waals surface area contributed by atoms with Crippen LogP contribution in [0.2, 0.25) is 0 Å². The minimum absolute atomic E-state index is 0.0406. The normalized spacial score (nSPS) is 12.6. The summed E-state index contributed by atoms with van der Waals surface area (Å²) in [5.74, 6) is -0.0772. The van der Waals surface area contributed by atoms with Crippen LogP contribution < -0.4 is 9.64 Å². The van der Waals surface area contributed by atoms with Crippen LogP contribution in [0.25, 0.3) is 0 Å². The molecule has 3 rings (SSSR count). The summed E-state index contributed by atoms with van der Waals surface area (Å²) >= 11 is 0. The largest absolute Gasteiger partial charge is 0.483 e. The van der Waals surface area contributed by atoms with Gasteiger partial charge in [-0.05, 0) is 24.1 Å². The highest BCUT2D eigenvalue weighted by Crippen LogP contribution is 2.28. The molecule has 0 atom stereocenters. The highest BCUT2D eigenvalue weighted by molar-refractivity contribution is 5.96. The van der Waals surface area contributed by atoms with Crippen LogP contribution in [0.3, 0.4) is 0 Å². The fourth-order valence-corrected chi connectivity index (χ4v) is 2.69. The van der Waals surface area contributed by atoms with Gasteiger partial charge in [0.2, 0.25) is 0 Å². The van der Waals surface area contributed by atoms with E-state index in [0.717, 1.165) is 23.7 Å². The number of nitro benzene ring substituents is 1. The summed E-state index contributed by atoms with van der Waals surface area (Å²) < 4.78 is 5.41. The molecule has 2 aromatic carbocycles. The summed E-state index contributed by atoms with van der Waals surface area (Å²) in [4.78, 5) is 35.2. The number of nitro groups is 1. The van der Waals surface area contributed by atoms with Crippen LogP contribution in [0.5, 0.6) is 5.75 Å². The Hall–Kier alpha value is -3.22. The van der Waals surface area contributed by atoms with Crippen molar-refractivity contribution in [1.29, 1.82) is 0 Å². The molecule has 0 bridgehead atoms. The molecule has 1 aliphatic rings. The van der Waals surface area contributed by atoms with E-state index in [4.69, 9.17) is 4.74 Å². The van der Waals surface area contributed by atoms with E-state index in [2.05, 4.69) is 0 Å². The predicted octanol–water partition coefficient (Wildman–Crippen LogP) is 2.38. The zero-order valence-corrected chi connectivity index (χ0v) is 12.7. The number of hydrogen-bond acceptors (Lipinski definition) is 5. The highest BCUT2D eigenvalue weighted by Gasteiger charge is 2.24. The van der Waals surface area contributed by atoms with Crippen LogP contribution >= 0.6 is 0 Å². The number of non-ortho nitro benzene ring substituents is 1. The van der Waals surface area contributed by atoms with Gasteiger partial charge in [-0.3, -0.25) is 19.7 Å². The van der Waals surface area contributed by atoms with Crippen molar-refractivity contribution in [3.05, 3.63) is 63.7 Å². The standard InChI is InChI=1S/C17H14N2O5/c20-10-13-9-14(19(22)23)5-6-16(13)24-11-17(21)18-8-7-12-3-1-2-4-15(12)18/h1-6,9-10H,7-8,11H2. The second kappa shape index (κ2) is 6.49. The van der Waals surface area contributed by atoms with Gasteiger partial charge < -0.3 is 9.64 Å². The summed E-state index contributed by atoms with van der Waals surface area (Å²) in [5.41, 5.74) is 1.81. The van der Waals surface area contributed by atoms with E-state index in [-0.39, 0.29) is 29.5 Å². The Bertz CT molecular complexity index is 818. The molecule has 0 spiro atoms. The van der Waals surface area contributed by atoms with E-state index in [1.165, 1.54) is 12.1 Å². The average Bonchev–Trinajstić information content (AvgIpc) is 3.03. The number of benzene rings is 2. The second-order valence-electron chi connectivity index (χ2n) is 5.31. The van der Waals surface area contributed by atoms with Gasteiger partial charge in [0.1, 0.15) is 5.75 Å². The number of ether oxygens (including phenoxy) is 1. The number of fused-ring (bicyclic) bond motifs is 1. The average molecular weight is 326 g/mol. The van der Waals surface area contributed by atoms with Crippen molar-refractivity contribution in [1.82, 2.24) is 0 Å². The Morgan fingerprint density at radius 3 is 2.83 bits per heavy atom. The molecular weight excluding hydrogens is 312 g/mol. The highest BCUT2D eigenvalue weighted by atomic mass is 16.6. The molecule has 0 unspecified atom stereocenters. The molecule has 7 nitrogen and oxygen atoms in total. The molecule has 122 valence electrons. The Morgan fingerprint density at radius 2 is 2.08 bits per heavy atom. The van der Waals surface area contributed by atoms with Crippen LogP contribution in [0.1, 0.15) is 15.9 Å². The van der Waals surface area contributed by atoms with Crippen LogP contribution in [0, 0.1) is 10.1 Å². The van der Waals surface area contributed by atoms with Crippen molar-refractivity contribution >= 4 is 23.6 Å². The fourth-order valence-electron chi connectivity index (χ4n) is 2.69. The fraction of sp³-hybridized carbons (Fsp3) is 0.176. The lowest BCUT2D eigenvalue weighted by molar-refractivity contribution is -0.384. The number of carbonyl (C=O) groups is 2. The molecule has 1 heterocycles. The summed E-state index contributed by atoms with van der Waals surface area (Å²) in [6.07, 6.45) is 1.26. The molecule has 0 aromatic heterocycles. The molecule has 0 saturated carbocycles. The van der Waals surface area contributed by atoms with Crippen LogP contribution in [0.4, 0.5) is 11.4 Å². The quantitative estimate of drug-likeness (QED) is 0.478. The summed E-state index contributed by atoms with van der Waals surface area (Å²) in [6, 6.07) is 11.3. The van der Waals surface area contributed by atoms with Gasteiger partial charge in [0.15, 0.2) is 12.9 Å². The maximum atomic E-state index is 12.4. The number of rotatable bonds is 5. The van der Waals surface area contributed by atoms with Crippen LogP contribution in [-0.4, -0.2) is 30.3 Å². The molecule has 1 aliphatic heterocycles. The lowest BCUT2D eigenvalue weighted by Gasteiger charge is -2.17. The molecule has 0 aliphatic carbocycles. The van der Waals surface area contributed by atoms with E-state index < -0.39 is 4.92 Å². The third kappa shape index (κ3) is 2.96. The van der Waals surface area contributed by atoms with E-state index in [9.17, 15) is 19.7 Å². The van der Waals surface area contributed by atoms with Gasteiger partial charge in [-0.2, -0.15) is 0 Å². The summed E-state index contributed by atoms with van der Waals surface area (Å²) in [6.45, 7) is 0.343. The summed E-state index contributed by atoms with van der Waals surface area (Å²) in [7, 11) is 0. The van der Waals surface area contributed by atoms with Crippen molar-refractivity contribution in [2.45, 2.75) is 6.42 Å². The number of carbonyl (C=O) groups excluding carboxylic acids is 2. The van der Waals surface area contributed by atoms with Crippen molar-refractivity contribution in [3.8, 4) is 5.75 Å². The molecule has 7 heteroatoms. The molecule has 0 saturated heterocycles. The Labute approximate surface area is 137 Å². The minimum atomic E-state index is -0.594. The molecular formula is C17H14N2O5. The van der Waals surface area contributed by atoms with Crippen LogP contribution in [0.15, 0.2) is 42.5 Å². The minimum Gasteiger partial charge on any atom is -0.483 e. The smallest absolute Gasteiger partial charge is 0.270 e. The van der Waals surface area contributed by atoms with Gasteiger partial charge in [-0.25, -0.2) is 0 Å². The third-order valence-electron chi connectivity index (χ3n) is 3.87. The first-order valence-corrected chi connectivity index (χ1v) is 7.35. The Balaban J connectivity index is 1.71. The second-order valence-corrected chi connectivity index (χ2v) is 5.31. The van der Waals surface area contributed by atoms with E-state index in [1.807, 2.05) is 24.3 Å². The van der Waals surface area contributed by atoms with Gasteiger partial charge in [-0.1, -0.05) is 18.2 Å². The Morgan fingerprint density at radius 1 is 1.29 bits per heavy atom. The van der Waals surface area contributed by atoms with E-state index in [1.54, 1.807) is 4.90 Å². The zero-order chi connectivity index (χ0) is 17.1. The first-order valence-electron chi connectivity index (χ1n) is 7.35. The van der Waals surface area contributed by atoms with Gasteiger partial charge in [-0.15, -0.1) is 0 Å². The Kier molecular flexibility index (Phi) is 4.24. The zero-order valence-electron chi connectivity index (χ0n) is 12.7. The number of nitrogens with zero attached hydrogens (tertiary/aromatic N) is 2. The number of anilines is 1. The van der Waals surface area contributed by atoms with Crippen molar-refractivity contribution in [2.75, 3.05) is 18.1 Å². The molecule has 24 heavy (non-hydrogen) atoms. The van der Waals surface area contributed by atoms with Crippen molar-refractivity contribution in [2.24, 2.45) is 0 Å². The number of amides is 1. The van der Waals surface area contributed by atoms with E-state index >= 15 is 0 Å². The summed E-state index contributed by atoms with van der Waals surface area (Å²) in [5, 5.41) is 10.7. The molecule has 2 aromatic rings. The van der Waals surface area contributed by atoms with E-state index in [0.29, 0.717) is 12.8 Å². The van der Waals surface area contributed by atoms with Gasteiger partial charge >= 0.3 is 0 Å². The lowest BCUT2D eigenvalue weighted by Crippen LogP contribution is -2.33. The first-order chi connectivity index (χ1) is 11.6. The van der Waals surface area contributed by atoms with Gasteiger partial charge in [0, 0.05) is 24.4 Å². The molecule has 1 amide bonds.